The van der Waals surface area contributed by atoms with Crippen LogP contribution in [0.5, 0.6) is 0 Å². The molecule has 44 heavy (non-hydrogen) atoms. The van der Waals surface area contributed by atoms with Crippen LogP contribution >= 0.6 is 0 Å². The van der Waals surface area contributed by atoms with Gasteiger partial charge in [0.1, 0.15) is 11.2 Å². The number of rotatable bonds is 23. The molecule has 252 valence electrons. The molecule has 7 heteroatoms. The van der Waals surface area contributed by atoms with Crippen molar-refractivity contribution in [2.75, 3.05) is 20.2 Å². The van der Waals surface area contributed by atoms with Crippen molar-refractivity contribution in [3.63, 3.8) is 0 Å². The Balaban J connectivity index is 2.32. The van der Waals surface area contributed by atoms with Crippen molar-refractivity contribution in [1.82, 2.24) is 4.90 Å². The van der Waals surface area contributed by atoms with Crippen molar-refractivity contribution < 1.29 is 28.6 Å². The third kappa shape index (κ3) is 22.2. The zero-order chi connectivity index (χ0) is 32.8. The second-order valence-corrected chi connectivity index (χ2v) is 14.1. The molecule has 0 aliphatic carbocycles. The molecule has 0 aliphatic rings. The van der Waals surface area contributed by atoms with Gasteiger partial charge in [0.15, 0.2) is 0 Å². The fourth-order valence-corrected chi connectivity index (χ4v) is 5.15. The molecule has 0 atom stereocenters. The summed E-state index contributed by atoms with van der Waals surface area (Å²) in [4.78, 5) is 38.0. The van der Waals surface area contributed by atoms with Gasteiger partial charge in [-0.15, -0.1) is 0 Å². The Morgan fingerprint density at radius 3 is 1.30 bits per heavy atom. The van der Waals surface area contributed by atoms with Crippen molar-refractivity contribution >= 4 is 17.9 Å². The first kappa shape index (κ1) is 39.6. The lowest BCUT2D eigenvalue weighted by Crippen LogP contribution is -2.25. The van der Waals surface area contributed by atoms with Gasteiger partial charge in [-0.2, -0.15) is 0 Å². The highest BCUT2D eigenvalue weighted by Gasteiger charge is 2.16. The third-order valence-electron chi connectivity index (χ3n) is 7.33. The highest BCUT2D eigenvalue weighted by atomic mass is 16.6. The summed E-state index contributed by atoms with van der Waals surface area (Å²) in [6.07, 6.45) is 17.0. The molecule has 0 fully saturated rings. The van der Waals surface area contributed by atoms with E-state index in [4.69, 9.17) is 14.2 Å². The molecule has 1 aromatic carbocycles. The smallest absolute Gasteiger partial charge is 0.337 e. The highest BCUT2D eigenvalue weighted by Crippen LogP contribution is 2.16. The van der Waals surface area contributed by atoms with Crippen LogP contribution in [0.1, 0.15) is 160 Å². The van der Waals surface area contributed by atoms with Crippen molar-refractivity contribution in [2.45, 2.75) is 162 Å². The standard InChI is InChI=1S/C37H63NO6/c1-36(2,3)43-33(39)22-18-14-10-8-12-16-20-28-38(30-31-24-26-32(27-25-31)35(41)42-7)29-21-17-13-9-11-15-19-23-34(40)44-37(4,5)6/h24-27H,8-23,28-30H2,1-7H3. The van der Waals surface area contributed by atoms with Crippen LogP contribution in [0.2, 0.25) is 0 Å². The number of benzene rings is 1. The fraction of sp³-hybridized carbons (Fsp3) is 0.757. The molecule has 1 rings (SSSR count). The van der Waals surface area contributed by atoms with Gasteiger partial charge in [0.2, 0.25) is 0 Å². The Morgan fingerprint density at radius 2 is 0.932 bits per heavy atom. The number of unbranched alkanes of at least 4 members (excludes halogenated alkanes) is 12. The van der Waals surface area contributed by atoms with Crippen LogP contribution < -0.4 is 0 Å². The van der Waals surface area contributed by atoms with Crippen LogP contribution in [0.3, 0.4) is 0 Å². The van der Waals surface area contributed by atoms with Gasteiger partial charge in [0, 0.05) is 19.4 Å². The maximum atomic E-state index is 11.8. The summed E-state index contributed by atoms with van der Waals surface area (Å²) in [5.74, 6) is -0.483. The maximum absolute atomic E-state index is 11.8. The Kier molecular flexibility index (Phi) is 19.9. The molecule has 0 spiro atoms. The van der Waals surface area contributed by atoms with Crippen LogP contribution in [-0.4, -0.2) is 54.2 Å². The lowest BCUT2D eigenvalue weighted by atomic mass is 10.1. The van der Waals surface area contributed by atoms with Crippen LogP contribution in [0, 0.1) is 0 Å². The normalized spacial score (nSPS) is 11.9. The highest BCUT2D eigenvalue weighted by molar-refractivity contribution is 5.89. The second-order valence-electron chi connectivity index (χ2n) is 14.1. The molecule has 0 unspecified atom stereocenters. The third-order valence-corrected chi connectivity index (χ3v) is 7.33. The zero-order valence-electron chi connectivity index (χ0n) is 29.1. The summed E-state index contributed by atoms with van der Waals surface area (Å²) in [5, 5.41) is 0. The molecular formula is C37H63NO6. The average Bonchev–Trinajstić information content (AvgIpc) is 2.93. The van der Waals surface area contributed by atoms with Gasteiger partial charge in [0.25, 0.3) is 0 Å². The molecule has 1 aromatic rings. The van der Waals surface area contributed by atoms with Crippen molar-refractivity contribution in [1.29, 1.82) is 0 Å². The Hall–Kier alpha value is -2.41. The zero-order valence-corrected chi connectivity index (χ0v) is 29.1. The van der Waals surface area contributed by atoms with E-state index in [1.165, 1.54) is 76.9 Å². The summed E-state index contributed by atoms with van der Waals surface area (Å²) in [6, 6.07) is 7.78. The molecule has 0 saturated carbocycles. The lowest BCUT2D eigenvalue weighted by molar-refractivity contribution is -0.156. The number of carbonyl (C=O) groups excluding carboxylic acids is 3. The number of carbonyl (C=O) groups is 3. The Morgan fingerprint density at radius 1 is 0.568 bits per heavy atom. The maximum Gasteiger partial charge on any atom is 0.337 e. The van der Waals surface area contributed by atoms with Gasteiger partial charge in [-0.1, -0.05) is 76.3 Å². The van der Waals surface area contributed by atoms with E-state index in [2.05, 4.69) is 4.90 Å². The van der Waals surface area contributed by atoms with E-state index in [0.717, 1.165) is 45.3 Å². The molecule has 0 bridgehead atoms. The monoisotopic (exact) mass is 617 g/mol. The summed E-state index contributed by atoms with van der Waals surface area (Å²) in [5.41, 5.74) is 0.999. The minimum atomic E-state index is -0.400. The average molecular weight is 618 g/mol. The predicted octanol–water partition coefficient (Wildman–Crippen LogP) is 9.20. The Labute approximate surface area is 268 Å². The SMILES string of the molecule is COC(=O)c1ccc(CN(CCCCCCCCCC(=O)OC(C)(C)C)CCCCCCCCCC(=O)OC(C)(C)C)cc1. The van der Waals surface area contributed by atoms with Gasteiger partial charge >= 0.3 is 17.9 Å². The predicted molar refractivity (Wildman–Crippen MR) is 179 cm³/mol. The number of methoxy groups -OCH3 is 1. The van der Waals surface area contributed by atoms with Crippen molar-refractivity contribution in [3.05, 3.63) is 35.4 Å². The van der Waals surface area contributed by atoms with Crippen LogP contribution in [0.15, 0.2) is 24.3 Å². The first-order chi connectivity index (χ1) is 20.8. The first-order valence-electron chi connectivity index (χ1n) is 17.1. The van der Waals surface area contributed by atoms with Gasteiger partial charge in [0.05, 0.1) is 12.7 Å². The van der Waals surface area contributed by atoms with E-state index >= 15 is 0 Å². The van der Waals surface area contributed by atoms with Gasteiger partial charge in [-0.3, -0.25) is 14.5 Å². The molecule has 0 N–H and O–H groups in total. The van der Waals surface area contributed by atoms with E-state index < -0.39 is 11.2 Å². The van der Waals surface area contributed by atoms with E-state index in [-0.39, 0.29) is 17.9 Å². The quantitative estimate of drug-likeness (QED) is 0.0688. The molecule has 0 aliphatic heterocycles. The summed E-state index contributed by atoms with van der Waals surface area (Å²) in [6.45, 7) is 14.5. The number of hydrogen-bond acceptors (Lipinski definition) is 7. The fourth-order valence-electron chi connectivity index (χ4n) is 5.15. The van der Waals surface area contributed by atoms with Gasteiger partial charge < -0.3 is 14.2 Å². The topological polar surface area (TPSA) is 82.1 Å². The number of nitrogens with zero attached hydrogens (tertiary/aromatic N) is 1. The summed E-state index contributed by atoms with van der Waals surface area (Å²) in [7, 11) is 1.41. The molecule has 0 saturated heterocycles. The number of hydrogen-bond donors (Lipinski definition) is 0. The number of ether oxygens (including phenoxy) is 3. The molecule has 7 nitrogen and oxygen atoms in total. The molecule has 0 heterocycles. The van der Waals surface area contributed by atoms with E-state index in [9.17, 15) is 14.4 Å². The van der Waals surface area contributed by atoms with Crippen LogP contribution in [0.25, 0.3) is 0 Å². The van der Waals surface area contributed by atoms with E-state index in [0.29, 0.717) is 18.4 Å². The molecule has 0 amide bonds. The van der Waals surface area contributed by atoms with Crippen LogP contribution in [-0.2, 0) is 30.3 Å². The molecule has 0 radical (unpaired) electrons. The lowest BCUT2D eigenvalue weighted by Gasteiger charge is -2.22. The van der Waals surface area contributed by atoms with Crippen molar-refractivity contribution in [3.8, 4) is 0 Å². The Bertz CT molecular complexity index is 883. The minimum Gasteiger partial charge on any atom is -0.465 e. The van der Waals surface area contributed by atoms with Crippen molar-refractivity contribution in [2.24, 2.45) is 0 Å². The summed E-state index contributed by atoms with van der Waals surface area (Å²) >= 11 is 0. The van der Waals surface area contributed by atoms with Gasteiger partial charge in [-0.05, 0) is 98.0 Å². The largest absolute Gasteiger partial charge is 0.465 e. The van der Waals surface area contributed by atoms with Crippen LogP contribution in [0.4, 0.5) is 0 Å². The minimum absolute atomic E-state index is 0.0900. The molecule has 0 aromatic heterocycles. The van der Waals surface area contributed by atoms with Gasteiger partial charge in [-0.25, -0.2) is 4.79 Å². The summed E-state index contributed by atoms with van der Waals surface area (Å²) < 4.78 is 15.6. The van der Waals surface area contributed by atoms with E-state index in [1.54, 1.807) is 0 Å². The first-order valence-corrected chi connectivity index (χ1v) is 17.1. The number of esters is 3. The van der Waals surface area contributed by atoms with E-state index in [1.807, 2.05) is 65.8 Å². The molecular weight excluding hydrogens is 554 g/mol. The second kappa shape index (κ2) is 22.2.